The maximum absolute atomic E-state index is 12.0. The second-order valence-electron chi connectivity index (χ2n) is 3.11. The maximum Gasteiger partial charge on any atom is 0.510 e. The van der Waals surface area contributed by atoms with Crippen molar-refractivity contribution in [2.45, 2.75) is 0 Å². The average Bonchev–Trinajstić information content (AvgIpc) is 2.29. The molecule has 18 heavy (non-hydrogen) atoms. The number of rotatable bonds is 13. The molecule has 0 radical (unpaired) electrons. The van der Waals surface area contributed by atoms with Crippen molar-refractivity contribution in [3.05, 3.63) is 0 Å². The molecule has 0 amide bonds. The van der Waals surface area contributed by atoms with Crippen molar-refractivity contribution in [1.82, 2.24) is 0 Å². The first-order chi connectivity index (χ1) is 8.56. The van der Waals surface area contributed by atoms with E-state index in [9.17, 15) is 8.76 Å². The van der Waals surface area contributed by atoms with Crippen molar-refractivity contribution in [2.24, 2.45) is 0 Å². The van der Waals surface area contributed by atoms with E-state index in [2.05, 4.69) is 4.52 Å². The highest BCUT2D eigenvalue weighted by Crippen LogP contribution is 2.42. The number of hydrogen-bond donors (Lipinski definition) is 1. The van der Waals surface area contributed by atoms with Gasteiger partial charge in [0.2, 0.25) is 0 Å². The van der Waals surface area contributed by atoms with Gasteiger partial charge in [0.25, 0.3) is 0 Å². The van der Waals surface area contributed by atoms with Gasteiger partial charge in [-0.15, -0.1) is 4.20 Å². The van der Waals surface area contributed by atoms with Gasteiger partial charge in [0, 0.05) is 7.11 Å². The van der Waals surface area contributed by atoms with Crippen LogP contribution in [0.3, 0.4) is 0 Å². The molecule has 1 N–H and O–H groups in total. The summed E-state index contributed by atoms with van der Waals surface area (Å²) in [6, 6.07) is 0. The molecule has 110 valence electrons. The zero-order valence-electron chi connectivity index (χ0n) is 10.4. The molecule has 0 rings (SSSR count). The molecule has 0 aliphatic heterocycles. The van der Waals surface area contributed by atoms with Crippen molar-refractivity contribution in [3.8, 4) is 0 Å². The van der Waals surface area contributed by atoms with Crippen molar-refractivity contribution in [3.63, 3.8) is 0 Å². The van der Waals surface area contributed by atoms with Crippen LogP contribution in [0.4, 0.5) is 4.20 Å². The van der Waals surface area contributed by atoms with Gasteiger partial charge >= 0.3 is 7.91 Å². The minimum atomic E-state index is -4.88. The Morgan fingerprint density at radius 2 is 1.28 bits per heavy atom. The molecule has 0 spiro atoms. The van der Waals surface area contributed by atoms with Crippen LogP contribution in [0, 0.1) is 0 Å². The number of halogens is 1. The summed E-state index contributed by atoms with van der Waals surface area (Å²) in [5.41, 5.74) is 0. The Hall–Kier alpha value is -0.0800. The zero-order valence-corrected chi connectivity index (χ0v) is 11.3. The lowest BCUT2D eigenvalue weighted by atomic mass is 10.7. The van der Waals surface area contributed by atoms with Crippen molar-refractivity contribution in [1.29, 1.82) is 0 Å². The first kappa shape index (κ1) is 17.9. The molecule has 7 nitrogen and oxygen atoms in total. The Bertz CT molecular complexity index is 223. The summed E-state index contributed by atoms with van der Waals surface area (Å²) in [7, 11) is -3.29. The molecule has 0 bridgehead atoms. The summed E-state index contributed by atoms with van der Waals surface area (Å²) >= 11 is 0. The topological polar surface area (TPSA) is 83.5 Å². The minimum absolute atomic E-state index is 0.0299. The Balaban J connectivity index is 3.01. The van der Waals surface area contributed by atoms with Gasteiger partial charge in [0.15, 0.2) is 0 Å². The SMILES string of the molecule is COCCOCCOCCOCCOP(=O)(O)F. The first-order valence-electron chi connectivity index (χ1n) is 5.45. The highest BCUT2D eigenvalue weighted by Gasteiger charge is 2.15. The van der Waals surface area contributed by atoms with Gasteiger partial charge in [-0.2, -0.15) is 0 Å². The van der Waals surface area contributed by atoms with Gasteiger partial charge in [-0.3, -0.25) is 9.42 Å². The van der Waals surface area contributed by atoms with Gasteiger partial charge in [-0.05, 0) is 0 Å². The number of ether oxygens (including phenoxy) is 4. The molecule has 0 aliphatic carbocycles. The zero-order chi connectivity index (χ0) is 13.7. The van der Waals surface area contributed by atoms with E-state index in [0.29, 0.717) is 39.6 Å². The average molecular weight is 290 g/mol. The fourth-order valence-electron chi connectivity index (χ4n) is 0.893. The molecule has 0 fully saturated rings. The summed E-state index contributed by atoms with van der Waals surface area (Å²) in [6.07, 6.45) is 0. The third-order valence-electron chi connectivity index (χ3n) is 1.65. The van der Waals surface area contributed by atoms with E-state index in [-0.39, 0.29) is 13.2 Å². The minimum Gasteiger partial charge on any atom is -0.382 e. The predicted molar refractivity (Wildman–Crippen MR) is 61.2 cm³/mol. The van der Waals surface area contributed by atoms with Crippen LogP contribution >= 0.6 is 7.91 Å². The second-order valence-corrected chi connectivity index (χ2v) is 4.28. The summed E-state index contributed by atoms with van der Waals surface area (Å²) < 4.78 is 46.0. The maximum atomic E-state index is 12.0. The quantitative estimate of drug-likeness (QED) is 0.396. The van der Waals surface area contributed by atoms with Crippen molar-refractivity contribution in [2.75, 3.05) is 60.0 Å². The lowest BCUT2D eigenvalue weighted by molar-refractivity contribution is -0.000643. The highest BCUT2D eigenvalue weighted by atomic mass is 31.2. The highest BCUT2D eigenvalue weighted by molar-refractivity contribution is 7.46. The summed E-state index contributed by atoms with van der Waals surface area (Å²) in [5, 5.41) is 0. The molecule has 0 aromatic rings. The van der Waals surface area contributed by atoms with E-state index in [1.807, 2.05) is 0 Å². The molecule has 0 saturated heterocycles. The molecule has 0 aromatic carbocycles. The predicted octanol–water partition coefficient (Wildman–Crippen LogP) is 0.769. The molecule has 0 aromatic heterocycles. The molecule has 1 unspecified atom stereocenters. The van der Waals surface area contributed by atoms with E-state index in [4.69, 9.17) is 23.8 Å². The molecule has 0 heterocycles. The van der Waals surface area contributed by atoms with Gasteiger partial charge in [-0.1, -0.05) is 0 Å². The standard InChI is InChI=1S/C9H20FO7P/c1-13-2-3-14-4-5-15-6-7-16-8-9-17-18(10,11)12/h2-9H2,1H3,(H,11,12). The lowest BCUT2D eigenvalue weighted by Crippen LogP contribution is -2.12. The Kier molecular flexibility index (Phi) is 11.9. The third-order valence-corrected chi connectivity index (χ3v) is 2.16. The second kappa shape index (κ2) is 12.0. The fourth-order valence-corrected chi connectivity index (χ4v) is 1.19. The lowest BCUT2D eigenvalue weighted by Gasteiger charge is -2.07. The van der Waals surface area contributed by atoms with Crippen LogP contribution in [0.5, 0.6) is 0 Å². The van der Waals surface area contributed by atoms with Crippen LogP contribution in [0.25, 0.3) is 0 Å². The van der Waals surface area contributed by atoms with Crippen LogP contribution in [0.15, 0.2) is 0 Å². The monoisotopic (exact) mass is 290 g/mol. The van der Waals surface area contributed by atoms with Crippen LogP contribution in [-0.4, -0.2) is 64.9 Å². The summed E-state index contributed by atoms with van der Waals surface area (Å²) in [4.78, 5) is 8.14. The van der Waals surface area contributed by atoms with Gasteiger partial charge in [-0.25, -0.2) is 4.57 Å². The molecular formula is C9H20FO7P. The first-order valence-corrected chi connectivity index (χ1v) is 6.92. The van der Waals surface area contributed by atoms with E-state index >= 15 is 0 Å². The molecule has 1 atom stereocenters. The molecule has 0 saturated carbocycles. The van der Waals surface area contributed by atoms with Crippen LogP contribution < -0.4 is 0 Å². The van der Waals surface area contributed by atoms with Gasteiger partial charge in [0.1, 0.15) is 0 Å². The van der Waals surface area contributed by atoms with Gasteiger partial charge in [0.05, 0.1) is 52.9 Å². The van der Waals surface area contributed by atoms with E-state index < -0.39 is 7.91 Å². The van der Waals surface area contributed by atoms with Gasteiger partial charge < -0.3 is 18.9 Å². The normalized spacial score (nSPS) is 14.6. The van der Waals surface area contributed by atoms with E-state index in [1.165, 1.54) is 0 Å². The molecule has 9 heteroatoms. The van der Waals surface area contributed by atoms with Crippen molar-refractivity contribution < 1.29 is 37.1 Å². The van der Waals surface area contributed by atoms with Crippen molar-refractivity contribution >= 4 is 7.91 Å². The fraction of sp³-hybridized carbons (Fsp3) is 1.00. The Morgan fingerprint density at radius 1 is 0.889 bits per heavy atom. The largest absolute Gasteiger partial charge is 0.510 e. The molecular weight excluding hydrogens is 270 g/mol. The van der Waals surface area contributed by atoms with Crippen LogP contribution in [-0.2, 0) is 28.0 Å². The van der Waals surface area contributed by atoms with E-state index in [0.717, 1.165) is 0 Å². The van der Waals surface area contributed by atoms with Crippen LogP contribution in [0.1, 0.15) is 0 Å². The Labute approximate surface area is 106 Å². The molecule has 0 aliphatic rings. The smallest absolute Gasteiger partial charge is 0.382 e. The number of methoxy groups -OCH3 is 1. The van der Waals surface area contributed by atoms with Crippen LogP contribution in [0.2, 0.25) is 0 Å². The Morgan fingerprint density at radius 3 is 1.67 bits per heavy atom. The van der Waals surface area contributed by atoms with E-state index in [1.54, 1.807) is 7.11 Å². The summed E-state index contributed by atoms with van der Waals surface area (Å²) in [6.45, 7) is 2.41. The number of hydrogen-bond acceptors (Lipinski definition) is 6. The third kappa shape index (κ3) is 15.9. The summed E-state index contributed by atoms with van der Waals surface area (Å²) in [5.74, 6) is 0.